The molecule has 1 aliphatic heterocycles. The van der Waals surface area contributed by atoms with Crippen molar-refractivity contribution >= 4 is 22.5 Å². The topological polar surface area (TPSA) is 76.6 Å². The minimum atomic E-state index is 0. The van der Waals surface area contributed by atoms with Crippen LogP contribution in [0.15, 0.2) is 24.7 Å². The minimum absolute atomic E-state index is 0. The van der Waals surface area contributed by atoms with E-state index in [9.17, 15) is 4.79 Å². The number of nitrogens with zero attached hydrogens (tertiary/aromatic N) is 3. The molecule has 0 bridgehead atoms. The van der Waals surface area contributed by atoms with Gasteiger partial charge in [-0.3, -0.25) is 4.79 Å². The van der Waals surface area contributed by atoms with Crippen molar-refractivity contribution in [1.82, 2.24) is 15.3 Å². The monoisotopic (exact) mass is 372 g/mol. The van der Waals surface area contributed by atoms with Crippen LogP contribution in [-0.2, 0) is 9.53 Å². The minimum Gasteiger partial charge on any atom is -0.490 e. The van der Waals surface area contributed by atoms with E-state index in [0.29, 0.717) is 0 Å². The van der Waals surface area contributed by atoms with Gasteiger partial charge < -0.3 is 19.7 Å². The Morgan fingerprint density at radius 1 is 1.26 bits per heavy atom. The molecule has 2 heterocycles. The molecule has 146 valence electrons. The zero-order valence-electron chi connectivity index (χ0n) is 15.7. The van der Waals surface area contributed by atoms with Gasteiger partial charge in [0.05, 0.1) is 30.2 Å². The Balaban J connectivity index is 0.00000225. The third-order valence-corrected chi connectivity index (χ3v) is 5.53. The molecule has 2 aliphatic rings. The summed E-state index contributed by atoms with van der Waals surface area (Å²) in [4.78, 5) is 22.8. The van der Waals surface area contributed by atoms with Crippen molar-refractivity contribution in [3.63, 3.8) is 0 Å². The summed E-state index contributed by atoms with van der Waals surface area (Å²) in [6, 6.07) is 4.19. The second-order valence-electron chi connectivity index (χ2n) is 7.20. The third kappa shape index (κ3) is 3.98. The fourth-order valence-electron chi connectivity index (χ4n) is 3.97. The lowest BCUT2D eigenvalue weighted by Crippen LogP contribution is -2.36. The Kier molecular flexibility index (Phi) is 5.38. The number of morpholine rings is 1. The Hall–Kier alpha value is -2.41. The molecule has 0 unspecified atom stereocenters. The first-order valence-electron chi connectivity index (χ1n) is 9.69. The summed E-state index contributed by atoms with van der Waals surface area (Å²) in [5.74, 6) is 1.08. The highest BCUT2D eigenvalue weighted by Gasteiger charge is 2.27. The van der Waals surface area contributed by atoms with Gasteiger partial charge in [0.2, 0.25) is 5.91 Å². The van der Waals surface area contributed by atoms with Crippen LogP contribution in [0.4, 0.5) is 5.69 Å². The SMILES string of the molecule is CNC(=O)C1CCC(Oc2cc(N3CCOCC3)cc3ncncc23)CC1.[HH]. The van der Waals surface area contributed by atoms with Gasteiger partial charge in [-0.2, -0.15) is 0 Å². The molecule has 2 fully saturated rings. The van der Waals surface area contributed by atoms with Crippen molar-refractivity contribution in [1.29, 1.82) is 0 Å². The average molecular weight is 372 g/mol. The van der Waals surface area contributed by atoms with Gasteiger partial charge in [0, 0.05) is 45.4 Å². The van der Waals surface area contributed by atoms with Gasteiger partial charge >= 0.3 is 0 Å². The van der Waals surface area contributed by atoms with Crippen molar-refractivity contribution < 1.29 is 15.7 Å². The normalized spacial score (nSPS) is 23.2. The van der Waals surface area contributed by atoms with Crippen molar-refractivity contribution in [2.45, 2.75) is 31.8 Å². The number of rotatable bonds is 4. The van der Waals surface area contributed by atoms with Crippen molar-refractivity contribution in [2.24, 2.45) is 5.92 Å². The maximum Gasteiger partial charge on any atom is 0.222 e. The molecule has 0 atom stereocenters. The van der Waals surface area contributed by atoms with Crippen LogP contribution in [0.2, 0.25) is 0 Å². The van der Waals surface area contributed by atoms with Gasteiger partial charge in [0.25, 0.3) is 0 Å². The summed E-state index contributed by atoms with van der Waals surface area (Å²) in [5.41, 5.74) is 2.00. The average Bonchev–Trinajstić information content (AvgIpc) is 2.74. The lowest BCUT2D eigenvalue weighted by molar-refractivity contribution is -0.125. The van der Waals surface area contributed by atoms with Crippen molar-refractivity contribution in [3.05, 3.63) is 24.7 Å². The fraction of sp³-hybridized carbons (Fsp3) is 0.550. The fourth-order valence-corrected chi connectivity index (χ4v) is 3.97. The van der Waals surface area contributed by atoms with Crippen molar-refractivity contribution in [2.75, 3.05) is 38.3 Å². The lowest BCUT2D eigenvalue weighted by atomic mass is 9.87. The maximum absolute atomic E-state index is 11.8. The van der Waals surface area contributed by atoms with E-state index in [2.05, 4.69) is 32.3 Å². The van der Waals surface area contributed by atoms with Gasteiger partial charge in [-0.05, 0) is 31.7 Å². The van der Waals surface area contributed by atoms with Crippen LogP contribution >= 0.6 is 0 Å². The summed E-state index contributed by atoms with van der Waals surface area (Å²) in [6.07, 6.45) is 7.00. The molecule has 7 nitrogen and oxygen atoms in total. The van der Waals surface area contributed by atoms with Crippen LogP contribution in [0.1, 0.15) is 27.1 Å². The Bertz CT molecular complexity index is 805. The van der Waals surface area contributed by atoms with Gasteiger partial charge in [-0.25, -0.2) is 9.97 Å². The summed E-state index contributed by atoms with van der Waals surface area (Å²) in [7, 11) is 1.70. The molecular formula is C20H28N4O3. The standard InChI is InChI=1S/C20H26N4O3.H2/c1-21-20(25)14-2-4-16(5-3-14)27-19-11-15(24-6-8-26-9-7-24)10-18-17(19)12-22-13-23-18;/h10-14,16H,2-9H2,1H3,(H,21,25);1H. The first kappa shape index (κ1) is 18.0. The molecule has 1 aromatic carbocycles. The Labute approximate surface area is 160 Å². The lowest BCUT2D eigenvalue weighted by Gasteiger charge is -2.31. The molecule has 7 heteroatoms. The van der Waals surface area contributed by atoms with E-state index in [4.69, 9.17) is 9.47 Å². The summed E-state index contributed by atoms with van der Waals surface area (Å²) < 4.78 is 11.9. The van der Waals surface area contributed by atoms with Gasteiger partial charge in [-0.1, -0.05) is 0 Å². The summed E-state index contributed by atoms with van der Waals surface area (Å²) in [6.45, 7) is 3.21. The highest BCUT2D eigenvalue weighted by Crippen LogP contribution is 2.34. The van der Waals surface area contributed by atoms with E-state index in [1.807, 2.05) is 6.20 Å². The van der Waals surface area contributed by atoms with E-state index >= 15 is 0 Å². The zero-order chi connectivity index (χ0) is 18.6. The number of hydrogen-bond donors (Lipinski definition) is 1. The van der Waals surface area contributed by atoms with Crippen LogP contribution in [0.5, 0.6) is 5.75 Å². The predicted octanol–water partition coefficient (Wildman–Crippen LogP) is 2.40. The quantitative estimate of drug-likeness (QED) is 0.888. The first-order valence-corrected chi connectivity index (χ1v) is 9.69. The largest absolute Gasteiger partial charge is 0.490 e. The number of aromatic nitrogens is 2. The molecule has 1 aliphatic carbocycles. The number of carbonyl (C=O) groups is 1. The van der Waals surface area contributed by atoms with Crippen LogP contribution in [0.3, 0.4) is 0 Å². The highest BCUT2D eigenvalue weighted by molar-refractivity contribution is 5.88. The molecule has 1 saturated carbocycles. The Morgan fingerprint density at radius 3 is 2.78 bits per heavy atom. The number of fused-ring (bicyclic) bond motifs is 1. The molecule has 0 radical (unpaired) electrons. The maximum atomic E-state index is 11.8. The zero-order valence-corrected chi connectivity index (χ0v) is 15.7. The number of carbonyl (C=O) groups excluding carboxylic acids is 1. The second-order valence-corrected chi connectivity index (χ2v) is 7.20. The predicted molar refractivity (Wildman–Crippen MR) is 105 cm³/mol. The van der Waals surface area contributed by atoms with Crippen LogP contribution in [-0.4, -0.2) is 55.3 Å². The Morgan fingerprint density at radius 2 is 2.04 bits per heavy atom. The van der Waals surface area contributed by atoms with Gasteiger partial charge in [-0.15, -0.1) is 0 Å². The molecule has 4 rings (SSSR count). The first-order chi connectivity index (χ1) is 13.2. The summed E-state index contributed by atoms with van der Waals surface area (Å²) in [5, 5.41) is 3.69. The summed E-state index contributed by atoms with van der Waals surface area (Å²) >= 11 is 0. The number of anilines is 1. The molecule has 1 aromatic heterocycles. The molecule has 2 aromatic rings. The van der Waals surface area contributed by atoms with Gasteiger partial charge in [0.1, 0.15) is 12.1 Å². The van der Waals surface area contributed by atoms with Crippen molar-refractivity contribution in [3.8, 4) is 5.75 Å². The van der Waals surface area contributed by atoms with Crippen LogP contribution in [0.25, 0.3) is 10.9 Å². The van der Waals surface area contributed by atoms with Crippen LogP contribution < -0.4 is 15.0 Å². The molecule has 1 amide bonds. The van der Waals surface area contributed by atoms with E-state index in [1.165, 1.54) is 0 Å². The third-order valence-electron chi connectivity index (χ3n) is 5.53. The highest BCUT2D eigenvalue weighted by atomic mass is 16.5. The number of ether oxygens (including phenoxy) is 2. The van der Waals surface area contributed by atoms with Gasteiger partial charge in [0.15, 0.2) is 0 Å². The molecular weight excluding hydrogens is 344 g/mol. The molecule has 1 saturated heterocycles. The number of nitrogens with one attached hydrogen (secondary N) is 1. The van der Waals surface area contributed by atoms with E-state index in [0.717, 1.165) is 74.3 Å². The number of hydrogen-bond acceptors (Lipinski definition) is 6. The smallest absolute Gasteiger partial charge is 0.222 e. The van der Waals surface area contributed by atoms with E-state index in [-0.39, 0.29) is 19.4 Å². The van der Waals surface area contributed by atoms with E-state index < -0.39 is 0 Å². The number of amides is 1. The van der Waals surface area contributed by atoms with Crippen LogP contribution in [0, 0.1) is 5.92 Å². The number of benzene rings is 1. The molecule has 0 spiro atoms. The molecule has 27 heavy (non-hydrogen) atoms. The van der Waals surface area contributed by atoms with E-state index in [1.54, 1.807) is 13.4 Å². The molecule has 1 N–H and O–H groups in total. The second kappa shape index (κ2) is 8.08.